The molecule has 0 unspecified atom stereocenters. The van der Waals surface area contributed by atoms with Crippen molar-refractivity contribution in [3.8, 4) is 0 Å². The summed E-state index contributed by atoms with van der Waals surface area (Å²) in [6.07, 6.45) is 9.06. The number of amides is 1. The van der Waals surface area contributed by atoms with Crippen molar-refractivity contribution in [1.82, 2.24) is 20.1 Å². The van der Waals surface area contributed by atoms with Crippen LogP contribution in [0.2, 0.25) is 0 Å². The number of pyridine rings is 1. The zero-order chi connectivity index (χ0) is 16.8. The molecule has 1 aliphatic heterocycles. The Morgan fingerprint density at radius 2 is 2.08 bits per heavy atom. The van der Waals surface area contributed by atoms with E-state index in [1.807, 2.05) is 29.1 Å². The van der Waals surface area contributed by atoms with Crippen molar-refractivity contribution in [3.63, 3.8) is 0 Å². The molecule has 1 atom stereocenters. The average Bonchev–Trinajstić information content (AvgIpc) is 3.13. The zero-order valence-corrected chi connectivity index (χ0v) is 14.2. The number of anilines is 1. The second-order valence-corrected chi connectivity index (χ2v) is 6.47. The Bertz CT molecular complexity index is 649. The Balaban J connectivity index is 1.60. The van der Waals surface area contributed by atoms with Gasteiger partial charge in [-0.3, -0.25) is 9.48 Å². The number of carbonyl (C=O) groups excluding carboxylic acids is 1. The van der Waals surface area contributed by atoms with E-state index in [2.05, 4.69) is 27.2 Å². The van der Waals surface area contributed by atoms with Gasteiger partial charge in [0.2, 0.25) is 0 Å². The Morgan fingerprint density at radius 3 is 2.83 bits per heavy atom. The average molecular weight is 327 g/mol. The van der Waals surface area contributed by atoms with Crippen LogP contribution in [0.3, 0.4) is 0 Å². The van der Waals surface area contributed by atoms with Crippen LogP contribution in [0.4, 0.5) is 5.82 Å². The molecule has 1 N–H and O–H groups in total. The standard InChI is InChI=1S/C18H25N5O/c1-15(14-23-12-6-9-21-23)13-20-18(24)16-7-5-8-19-17(16)22-10-3-2-4-11-22/h5-9,12,15H,2-4,10-11,13-14H2,1H3,(H,20,24)/t15-/m1/s1. The van der Waals surface area contributed by atoms with Gasteiger partial charge in [0.05, 0.1) is 5.56 Å². The molecule has 24 heavy (non-hydrogen) atoms. The highest BCUT2D eigenvalue weighted by atomic mass is 16.1. The van der Waals surface area contributed by atoms with Gasteiger partial charge in [-0.05, 0) is 43.4 Å². The van der Waals surface area contributed by atoms with Crippen LogP contribution in [-0.4, -0.2) is 40.3 Å². The fraction of sp³-hybridized carbons (Fsp3) is 0.500. The maximum Gasteiger partial charge on any atom is 0.255 e. The van der Waals surface area contributed by atoms with Gasteiger partial charge in [0.25, 0.3) is 5.91 Å². The Labute approximate surface area is 142 Å². The van der Waals surface area contributed by atoms with Gasteiger partial charge in [-0.15, -0.1) is 0 Å². The first-order valence-corrected chi connectivity index (χ1v) is 8.69. The highest BCUT2D eigenvalue weighted by Crippen LogP contribution is 2.21. The van der Waals surface area contributed by atoms with E-state index < -0.39 is 0 Å². The summed E-state index contributed by atoms with van der Waals surface area (Å²) < 4.78 is 1.89. The van der Waals surface area contributed by atoms with Crippen LogP contribution in [0.5, 0.6) is 0 Å². The van der Waals surface area contributed by atoms with E-state index in [9.17, 15) is 4.79 Å². The molecule has 3 heterocycles. The topological polar surface area (TPSA) is 63.1 Å². The Morgan fingerprint density at radius 1 is 1.25 bits per heavy atom. The van der Waals surface area contributed by atoms with Crippen molar-refractivity contribution in [2.75, 3.05) is 24.5 Å². The predicted octanol–water partition coefficient (Wildman–Crippen LogP) is 2.33. The predicted molar refractivity (Wildman–Crippen MR) is 94.0 cm³/mol. The van der Waals surface area contributed by atoms with Crippen molar-refractivity contribution < 1.29 is 4.79 Å². The molecule has 3 rings (SSSR count). The first-order chi connectivity index (χ1) is 11.7. The van der Waals surface area contributed by atoms with Gasteiger partial charge in [0, 0.05) is 44.8 Å². The van der Waals surface area contributed by atoms with Gasteiger partial charge in [-0.25, -0.2) is 4.98 Å². The van der Waals surface area contributed by atoms with E-state index in [-0.39, 0.29) is 5.91 Å². The lowest BCUT2D eigenvalue weighted by Crippen LogP contribution is -2.35. The number of aromatic nitrogens is 3. The number of nitrogens with zero attached hydrogens (tertiary/aromatic N) is 4. The molecule has 1 aliphatic rings. The number of carbonyl (C=O) groups is 1. The fourth-order valence-corrected chi connectivity index (χ4v) is 3.09. The second-order valence-electron chi connectivity index (χ2n) is 6.47. The minimum Gasteiger partial charge on any atom is -0.356 e. The maximum absolute atomic E-state index is 12.6. The van der Waals surface area contributed by atoms with Crippen molar-refractivity contribution in [2.24, 2.45) is 5.92 Å². The van der Waals surface area contributed by atoms with Crippen molar-refractivity contribution in [3.05, 3.63) is 42.4 Å². The van der Waals surface area contributed by atoms with Crippen LogP contribution in [0, 0.1) is 5.92 Å². The van der Waals surface area contributed by atoms with Gasteiger partial charge < -0.3 is 10.2 Å². The molecular formula is C18H25N5O. The summed E-state index contributed by atoms with van der Waals surface area (Å²) in [5, 5.41) is 7.25. The lowest BCUT2D eigenvalue weighted by Gasteiger charge is -2.29. The maximum atomic E-state index is 12.6. The lowest BCUT2D eigenvalue weighted by atomic mass is 10.1. The number of rotatable bonds is 6. The van der Waals surface area contributed by atoms with Crippen LogP contribution in [0.25, 0.3) is 0 Å². The molecule has 1 amide bonds. The molecule has 0 radical (unpaired) electrons. The minimum atomic E-state index is -0.0454. The fourth-order valence-electron chi connectivity index (χ4n) is 3.09. The van der Waals surface area contributed by atoms with Gasteiger partial charge in [0.1, 0.15) is 5.82 Å². The summed E-state index contributed by atoms with van der Waals surface area (Å²) in [7, 11) is 0. The molecule has 1 fully saturated rings. The largest absolute Gasteiger partial charge is 0.356 e. The molecular weight excluding hydrogens is 302 g/mol. The number of hydrogen-bond donors (Lipinski definition) is 1. The number of hydrogen-bond acceptors (Lipinski definition) is 4. The smallest absolute Gasteiger partial charge is 0.255 e. The van der Waals surface area contributed by atoms with Crippen LogP contribution in [0.15, 0.2) is 36.8 Å². The molecule has 0 spiro atoms. The Kier molecular flexibility index (Phi) is 5.46. The third-order valence-corrected chi connectivity index (χ3v) is 4.36. The molecule has 0 saturated carbocycles. The summed E-state index contributed by atoms with van der Waals surface area (Å²) in [6.45, 7) is 5.48. The first kappa shape index (κ1) is 16.5. The molecule has 1 saturated heterocycles. The summed E-state index contributed by atoms with van der Waals surface area (Å²) in [5.74, 6) is 1.08. The van der Waals surface area contributed by atoms with Crippen molar-refractivity contribution in [1.29, 1.82) is 0 Å². The molecule has 0 aliphatic carbocycles. The zero-order valence-electron chi connectivity index (χ0n) is 14.2. The highest BCUT2D eigenvalue weighted by molar-refractivity contribution is 5.98. The van der Waals surface area contributed by atoms with Crippen LogP contribution < -0.4 is 10.2 Å². The van der Waals surface area contributed by atoms with Crippen LogP contribution in [0.1, 0.15) is 36.5 Å². The summed E-state index contributed by atoms with van der Waals surface area (Å²) in [6, 6.07) is 5.60. The van der Waals surface area contributed by atoms with E-state index in [0.717, 1.165) is 25.5 Å². The quantitative estimate of drug-likeness (QED) is 0.884. The van der Waals surface area contributed by atoms with Gasteiger partial charge in [-0.2, -0.15) is 5.10 Å². The van der Waals surface area contributed by atoms with Gasteiger partial charge in [0.15, 0.2) is 0 Å². The van der Waals surface area contributed by atoms with E-state index in [4.69, 9.17) is 0 Å². The van der Waals surface area contributed by atoms with E-state index >= 15 is 0 Å². The van der Waals surface area contributed by atoms with Crippen LogP contribution in [-0.2, 0) is 6.54 Å². The lowest BCUT2D eigenvalue weighted by molar-refractivity contribution is 0.0946. The summed E-state index contributed by atoms with van der Waals surface area (Å²) >= 11 is 0. The van der Waals surface area contributed by atoms with Crippen LogP contribution >= 0.6 is 0 Å². The van der Waals surface area contributed by atoms with E-state index in [1.54, 1.807) is 12.4 Å². The van der Waals surface area contributed by atoms with Crippen molar-refractivity contribution >= 4 is 11.7 Å². The molecule has 0 aromatic carbocycles. The number of piperidine rings is 1. The first-order valence-electron chi connectivity index (χ1n) is 8.69. The normalized spacial score (nSPS) is 16.0. The monoisotopic (exact) mass is 327 g/mol. The SMILES string of the molecule is C[C@H](CNC(=O)c1cccnc1N1CCCCC1)Cn1cccn1. The molecule has 2 aromatic heterocycles. The van der Waals surface area contributed by atoms with Gasteiger partial charge in [-0.1, -0.05) is 6.92 Å². The third kappa shape index (κ3) is 4.13. The summed E-state index contributed by atoms with van der Waals surface area (Å²) in [4.78, 5) is 19.3. The van der Waals surface area contributed by atoms with Crippen molar-refractivity contribution in [2.45, 2.75) is 32.7 Å². The second kappa shape index (κ2) is 7.95. The molecule has 128 valence electrons. The van der Waals surface area contributed by atoms with Gasteiger partial charge >= 0.3 is 0 Å². The number of nitrogens with one attached hydrogen (secondary N) is 1. The minimum absolute atomic E-state index is 0.0454. The van der Waals surface area contributed by atoms with E-state index in [0.29, 0.717) is 18.0 Å². The molecule has 0 bridgehead atoms. The molecule has 6 nitrogen and oxygen atoms in total. The summed E-state index contributed by atoms with van der Waals surface area (Å²) in [5.41, 5.74) is 0.672. The van der Waals surface area contributed by atoms with E-state index in [1.165, 1.54) is 19.3 Å². The third-order valence-electron chi connectivity index (χ3n) is 4.36. The molecule has 2 aromatic rings. The Hall–Kier alpha value is -2.37. The highest BCUT2D eigenvalue weighted by Gasteiger charge is 2.19. The molecule has 6 heteroatoms.